The number of cyclic esters (lactones) is 1. The molecule has 0 amide bonds. The fraction of sp³-hybridized carbons (Fsp3) is 0.190. The average molecular weight is 505 g/mol. The Bertz CT molecular complexity index is 1140. The molecule has 0 aromatic heterocycles. The second-order valence-electron chi connectivity index (χ2n) is 6.27. The Hall–Kier alpha value is -3.73. The molecular weight excluding hydrogens is 488 g/mol. The number of benzene rings is 2. The fourth-order valence-corrected chi connectivity index (χ4v) is 3.28. The van der Waals surface area contributed by atoms with Gasteiger partial charge >= 0.3 is 11.9 Å². The number of carbonyl (C=O) groups is 2. The molecule has 0 aliphatic carbocycles. The normalized spacial score (nSPS) is 14.0. The lowest BCUT2D eigenvalue weighted by atomic mass is 10.1. The molecule has 0 unspecified atom stereocenters. The van der Waals surface area contributed by atoms with Crippen molar-refractivity contribution >= 4 is 45.5 Å². The van der Waals surface area contributed by atoms with E-state index in [4.69, 9.17) is 14.2 Å². The van der Waals surface area contributed by atoms with Crippen LogP contribution >= 0.6 is 15.9 Å². The summed E-state index contributed by atoms with van der Waals surface area (Å²) in [7, 11) is 1.25. The Balaban J connectivity index is 1.93. The van der Waals surface area contributed by atoms with Crippen molar-refractivity contribution in [2.45, 2.75) is 6.92 Å². The quantitative estimate of drug-likeness (QED) is 0.230. The molecule has 1 aliphatic rings. The number of nitro groups is 1. The van der Waals surface area contributed by atoms with Gasteiger partial charge in [0.2, 0.25) is 5.90 Å². The Morgan fingerprint density at radius 1 is 1.28 bits per heavy atom. The molecule has 1 heterocycles. The van der Waals surface area contributed by atoms with Crippen LogP contribution in [0.1, 0.15) is 18.1 Å². The molecule has 3 rings (SSSR count). The van der Waals surface area contributed by atoms with Gasteiger partial charge in [0, 0.05) is 17.7 Å². The van der Waals surface area contributed by atoms with Crippen LogP contribution in [0.4, 0.5) is 5.69 Å². The van der Waals surface area contributed by atoms with Gasteiger partial charge in [0.15, 0.2) is 23.8 Å². The molecule has 0 fully saturated rings. The first-order valence-corrected chi connectivity index (χ1v) is 10.0. The molecule has 2 aromatic carbocycles. The third-order valence-electron chi connectivity index (χ3n) is 4.12. The highest BCUT2D eigenvalue weighted by atomic mass is 79.9. The van der Waals surface area contributed by atoms with Gasteiger partial charge in [-0.25, -0.2) is 14.6 Å². The summed E-state index contributed by atoms with van der Waals surface area (Å²) < 4.78 is 21.3. The van der Waals surface area contributed by atoms with Crippen molar-refractivity contribution in [3.8, 4) is 11.5 Å². The van der Waals surface area contributed by atoms with E-state index in [1.807, 2.05) is 0 Å². The third-order valence-corrected chi connectivity index (χ3v) is 4.71. The van der Waals surface area contributed by atoms with Crippen LogP contribution in [-0.4, -0.2) is 43.1 Å². The molecule has 0 spiro atoms. The van der Waals surface area contributed by atoms with E-state index >= 15 is 0 Å². The van der Waals surface area contributed by atoms with E-state index < -0.39 is 16.9 Å². The van der Waals surface area contributed by atoms with Crippen molar-refractivity contribution in [2.24, 2.45) is 4.99 Å². The molecule has 32 heavy (non-hydrogen) atoms. The zero-order valence-electron chi connectivity index (χ0n) is 17.0. The molecule has 0 saturated carbocycles. The summed E-state index contributed by atoms with van der Waals surface area (Å²) in [5.41, 5.74) is 0.705. The lowest BCUT2D eigenvalue weighted by molar-refractivity contribution is -0.384. The van der Waals surface area contributed by atoms with Crippen molar-refractivity contribution in [3.05, 3.63) is 67.8 Å². The average Bonchev–Trinajstić information content (AvgIpc) is 3.13. The highest BCUT2D eigenvalue weighted by Gasteiger charge is 2.25. The monoisotopic (exact) mass is 504 g/mol. The molecule has 0 bridgehead atoms. The summed E-state index contributed by atoms with van der Waals surface area (Å²) in [5, 5.41) is 11.0. The minimum atomic E-state index is -0.702. The van der Waals surface area contributed by atoms with Crippen molar-refractivity contribution in [1.82, 2.24) is 0 Å². The van der Waals surface area contributed by atoms with Crippen LogP contribution < -0.4 is 9.47 Å². The van der Waals surface area contributed by atoms with E-state index in [0.717, 1.165) is 0 Å². The minimum absolute atomic E-state index is 0.00378. The number of nitro benzene ring substituents is 1. The molecule has 166 valence electrons. The minimum Gasteiger partial charge on any atom is -0.490 e. The summed E-state index contributed by atoms with van der Waals surface area (Å²) in [6.07, 6.45) is 1.48. The Morgan fingerprint density at radius 3 is 2.75 bits per heavy atom. The molecule has 0 N–H and O–H groups in total. The highest BCUT2D eigenvalue weighted by molar-refractivity contribution is 9.10. The van der Waals surface area contributed by atoms with Gasteiger partial charge in [-0.05, 0) is 52.7 Å². The summed E-state index contributed by atoms with van der Waals surface area (Å²) in [4.78, 5) is 38.3. The molecule has 0 saturated heterocycles. The van der Waals surface area contributed by atoms with Gasteiger partial charge in [-0.1, -0.05) is 6.07 Å². The number of esters is 2. The number of carbonyl (C=O) groups excluding carboxylic acids is 2. The maximum Gasteiger partial charge on any atom is 0.363 e. The molecule has 0 radical (unpaired) electrons. The van der Waals surface area contributed by atoms with Gasteiger partial charge in [-0.15, -0.1) is 0 Å². The number of aliphatic imine (C=N–C) groups is 1. The second kappa shape index (κ2) is 10.1. The van der Waals surface area contributed by atoms with E-state index in [-0.39, 0.29) is 23.9 Å². The van der Waals surface area contributed by atoms with Crippen LogP contribution in [0.5, 0.6) is 11.5 Å². The van der Waals surface area contributed by atoms with Gasteiger partial charge in [0.05, 0.1) is 23.1 Å². The van der Waals surface area contributed by atoms with Gasteiger partial charge < -0.3 is 18.9 Å². The van der Waals surface area contributed by atoms with Crippen LogP contribution in [-0.2, 0) is 19.1 Å². The fourth-order valence-electron chi connectivity index (χ4n) is 2.71. The summed E-state index contributed by atoms with van der Waals surface area (Å²) in [6.45, 7) is 1.81. The Labute approximate surface area is 190 Å². The standard InChI is InChI=1S/C21H17BrN2O8/c1-3-30-17-9-12(7-15(22)19(17)31-11-18(25)29-2)8-16-21(26)32-20(23-16)13-5-4-6-14(10-13)24(27)28/h4-10H,3,11H2,1-2H3/b16-8-. The zero-order valence-corrected chi connectivity index (χ0v) is 18.6. The van der Waals surface area contributed by atoms with Crippen LogP contribution in [0.2, 0.25) is 0 Å². The number of hydrogen-bond acceptors (Lipinski definition) is 9. The molecular formula is C21H17BrN2O8. The number of ether oxygens (including phenoxy) is 4. The van der Waals surface area contributed by atoms with E-state index in [9.17, 15) is 19.7 Å². The summed E-state index contributed by atoms with van der Waals surface area (Å²) >= 11 is 3.37. The van der Waals surface area contributed by atoms with E-state index in [1.54, 1.807) is 25.1 Å². The number of hydrogen-bond donors (Lipinski definition) is 0. The molecule has 10 nitrogen and oxygen atoms in total. The van der Waals surface area contributed by atoms with Crippen molar-refractivity contribution < 1.29 is 33.5 Å². The van der Waals surface area contributed by atoms with Crippen LogP contribution in [0.25, 0.3) is 6.08 Å². The Morgan fingerprint density at radius 2 is 2.06 bits per heavy atom. The number of methoxy groups -OCH3 is 1. The first kappa shape index (κ1) is 22.9. The smallest absolute Gasteiger partial charge is 0.363 e. The number of rotatable bonds is 8. The second-order valence-corrected chi connectivity index (χ2v) is 7.13. The highest BCUT2D eigenvalue weighted by Crippen LogP contribution is 2.38. The van der Waals surface area contributed by atoms with Crippen LogP contribution in [0.15, 0.2) is 51.6 Å². The topological polar surface area (TPSA) is 127 Å². The van der Waals surface area contributed by atoms with Gasteiger partial charge in [-0.3, -0.25) is 10.1 Å². The Kier molecular flexibility index (Phi) is 7.21. The zero-order chi connectivity index (χ0) is 23.3. The van der Waals surface area contributed by atoms with Crippen molar-refractivity contribution in [1.29, 1.82) is 0 Å². The van der Waals surface area contributed by atoms with E-state index in [1.165, 1.54) is 31.4 Å². The maximum absolute atomic E-state index is 12.3. The summed E-state index contributed by atoms with van der Waals surface area (Å²) in [6, 6.07) is 8.89. The number of nitrogens with zero attached hydrogens (tertiary/aromatic N) is 2. The van der Waals surface area contributed by atoms with Gasteiger partial charge in [0.1, 0.15) is 0 Å². The lowest BCUT2D eigenvalue weighted by Crippen LogP contribution is -2.13. The largest absolute Gasteiger partial charge is 0.490 e. The first-order chi connectivity index (χ1) is 15.3. The van der Waals surface area contributed by atoms with E-state index in [0.29, 0.717) is 33.7 Å². The molecule has 2 aromatic rings. The lowest BCUT2D eigenvalue weighted by Gasteiger charge is -2.14. The maximum atomic E-state index is 12.3. The predicted molar refractivity (Wildman–Crippen MR) is 117 cm³/mol. The molecule has 11 heteroatoms. The molecule has 0 atom stereocenters. The number of non-ortho nitro benzene ring substituents is 1. The van der Waals surface area contributed by atoms with Gasteiger partial charge in [0.25, 0.3) is 5.69 Å². The summed E-state index contributed by atoms with van der Waals surface area (Å²) in [5.74, 6) is -0.651. The number of halogens is 1. The molecule has 1 aliphatic heterocycles. The van der Waals surface area contributed by atoms with Crippen LogP contribution in [0.3, 0.4) is 0 Å². The predicted octanol–water partition coefficient (Wildman–Crippen LogP) is 3.65. The van der Waals surface area contributed by atoms with E-state index in [2.05, 4.69) is 25.7 Å². The third kappa shape index (κ3) is 5.30. The first-order valence-electron chi connectivity index (χ1n) is 9.25. The van der Waals surface area contributed by atoms with Crippen molar-refractivity contribution in [3.63, 3.8) is 0 Å². The van der Waals surface area contributed by atoms with Gasteiger partial charge in [-0.2, -0.15) is 0 Å². The SMILES string of the molecule is CCOc1cc(/C=C2\N=C(c3cccc([N+](=O)[O-])c3)OC2=O)cc(Br)c1OCC(=O)OC. The van der Waals surface area contributed by atoms with Crippen LogP contribution in [0, 0.1) is 10.1 Å². The van der Waals surface area contributed by atoms with Crippen molar-refractivity contribution in [2.75, 3.05) is 20.3 Å².